The SMILES string of the molecule is Cc1nc(COc2cc(Br)ccc2[C@@H](C)N)sc1C. The van der Waals surface area contributed by atoms with Crippen LogP contribution in [0.2, 0.25) is 0 Å². The minimum absolute atomic E-state index is 0.0529. The van der Waals surface area contributed by atoms with Crippen LogP contribution in [0.25, 0.3) is 0 Å². The van der Waals surface area contributed by atoms with E-state index in [1.165, 1.54) is 4.88 Å². The number of nitrogens with two attached hydrogens (primary N) is 1. The van der Waals surface area contributed by atoms with E-state index in [1.54, 1.807) is 11.3 Å². The largest absolute Gasteiger partial charge is 0.486 e. The zero-order valence-electron chi connectivity index (χ0n) is 11.2. The molecule has 5 heteroatoms. The lowest BCUT2D eigenvalue weighted by atomic mass is 10.1. The Kier molecular flexibility index (Phi) is 4.60. The molecule has 0 aliphatic rings. The van der Waals surface area contributed by atoms with Crippen molar-refractivity contribution >= 4 is 27.3 Å². The van der Waals surface area contributed by atoms with Crippen molar-refractivity contribution in [1.82, 2.24) is 4.98 Å². The number of hydrogen-bond donors (Lipinski definition) is 1. The third-order valence-corrected chi connectivity index (χ3v) is 4.43. The molecule has 0 aliphatic carbocycles. The Morgan fingerprint density at radius 1 is 1.42 bits per heavy atom. The van der Waals surface area contributed by atoms with Crippen molar-refractivity contribution < 1.29 is 4.74 Å². The van der Waals surface area contributed by atoms with E-state index in [2.05, 4.69) is 27.8 Å². The summed E-state index contributed by atoms with van der Waals surface area (Å²) in [6, 6.07) is 5.86. The molecule has 19 heavy (non-hydrogen) atoms. The van der Waals surface area contributed by atoms with Crippen LogP contribution < -0.4 is 10.5 Å². The van der Waals surface area contributed by atoms with Crippen LogP contribution in [0.4, 0.5) is 0 Å². The fourth-order valence-corrected chi connectivity index (χ4v) is 2.94. The van der Waals surface area contributed by atoms with Crippen LogP contribution in [0, 0.1) is 13.8 Å². The van der Waals surface area contributed by atoms with Crippen molar-refractivity contribution in [2.24, 2.45) is 5.73 Å². The maximum absolute atomic E-state index is 5.95. The molecule has 3 nitrogen and oxygen atoms in total. The highest BCUT2D eigenvalue weighted by Crippen LogP contribution is 2.29. The number of aryl methyl sites for hydroxylation is 2. The van der Waals surface area contributed by atoms with E-state index >= 15 is 0 Å². The molecule has 2 N–H and O–H groups in total. The highest BCUT2D eigenvalue weighted by Gasteiger charge is 2.10. The zero-order valence-corrected chi connectivity index (χ0v) is 13.6. The van der Waals surface area contributed by atoms with Crippen molar-refractivity contribution in [2.45, 2.75) is 33.4 Å². The maximum Gasteiger partial charge on any atom is 0.140 e. The van der Waals surface area contributed by atoms with Crippen LogP contribution in [0.3, 0.4) is 0 Å². The van der Waals surface area contributed by atoms with Crippen LogP contribution in [0.15, 0.2) is 22.7 Å². The molecule has 0 aliphatic heterocycles. The Balaban J connectivity index is 2.16. The zero-order chi connectivity index (χ0) is 14.0. The summed E-state index contributed by atoms with van der Waals surface area (Å²) in [6.07, 6.45) is 0. The molecule has 0 bridgehead atoms. The molecule has 0 saturated heterocycles. The number of ether oxygens (including phenoxy) is 1. The van der Waals surface area contributed by atoms with Crippen LogP contribution in [-0.2, 0) is 6.61 Å². The molecule has 1 aromatic carbocycles. The van der Waals surface area contributed by atoms with E-state index in [0.29, 0.717) is 6.61 Å². The molecule has 2 aromatic rings. The van der Waals surface area contributed by atoms with Gasteiger partial charge in [-0.3, -0.25) is 0 Å². The Morgan fingerprint density at radius 2 is 2.16 bits per heavy atom. The summed E-state index contributed by atoms with van der Waals surface area (Å²) < 4.78 is 6.86. The predicted octanol–water partition coefficient (Wildman–Crippen LogP) is 4.12. The van der Waals surface area contributed by atoms with E-state index in [0.717, 1.165) is 26.5 Å². The Hall–Kier alpha value is -0.910. The van der Waals surface area contributed by atoms with Gasteiger partial charge in [0.15, 0.2) is 0 Å². The standard InChI is InChI=1S/C14H17BrN2OS/c1-8(16)12-5-4-11(15)6-13(12)18-7-14-17-9(2)10(3)19-14/h4-6,8H,7,16H2,1-3H3/t8-/m1/s1. The average Bonchev–Trinajstić information content (AvgIpc) is 2.66. The predicted molar refractivity (Wildman–Crippen MR) is 82.7 cm³/mol. The van der Waals surface area contributed by atoms with Gasteiger partial charge in [0.1, 0.15) is 17.4 Å². The van der Waals surface area contributed by atoms with Crippen LogP contribution in [0.5, 0.6) is 5.75 Å². The third kappa shape index (κ3) is 3.55. The van der Waals surface area contributed by atoms with Crippen LogP contribution in [0.1, 0.15) is 34.1 Å². The van der Waals surface area contributed by atoms with Gasteiger partial charge < -0.3 is 10.5 Å². The summed E-state index contributed by atoms with van der Waals surface area (Å²) in [6.45, 7) is 6.52. The maximum atomic E-state index is 5.95. The summed E-state index contributed by atoms with van der Waals surface area (Å²) >= 11 is 5.13. The Labute approximate surface area is 125 Å². The van der Waals surface area contributed by atoms with Gasteiger partial charge in [0.05, 0.1) is 5.69 Å². The smallest absolute Gasteiger partial charge is 0.140 e. The van der Waals surface area contributed by atoms with Crippen molar-refractivity contribution in [3.8, 4) is 5.75 Å². The minimum atomic E-state index is -0.0529. The third-order valence-electron chi connectivity index (χ3n) is 2.89. The van der Waals surface area contributed by atoms with E-state index in [-0.39, 0.29) is 6.04 Å². The van der Waals surface area contributed by atoms with E-state index in [1.807, 2.05) is 32.0 Å². The molecule has 1 atom stereocenters. The summed E-state index contributed by atoms with van der Waals surface area (Å²) in [7, 11) is 0. The molecule has 1 heterocycles. The molecule has 0 fully saturated rings. The van der Waals surface area contributed by atoms with E-state index in [4.69, 9.17) is 10.5 Å². The normalized spacial score (nSPS) is 12.5. The first-order chi connectivity index (χ1) is 8.97. The number of hydrogen-bond acceptors (Lipinski definition) is 4. The van der Waals surface area contributed by atoms with Crippen molar-refractivity contribution in [3.63, 3.8) is 0 Å². The topological polar surface area (TPSA) is 48.1 Å². The molecule has 0 saturated carbocycles. The van der Waals surface area contributed by atoms with Gasteiger partial charge in [0.25, 0.3) is 0 Å². The number of halogens is 1. The number of nitrogens with zero attached hydrogens (tertiary/aromatic N) is 1. The molecular formula is C14H17BrN2OS. The summed E-state index contributed by atoms with van der Waals surface area (Å²) in [4.78, 5) is 5.71. The highest BCUT2D eigenvalue weighted by molar-refractivity contribution is 9.10. The molecule has 0 spiro atoms. The minimum Gasteiger partial charge on any atom is -0.486 e. The number of aromatic nitrogens is 1. The summed E-state index contributed by atoms with van der Waals surface area (Å²) in [5, 5.41) is 0.991. The fraction of sp³-hybridized carbons (Fsp3) is 0.357. The Morgan fingerprint density at radius 3 is 2.74 bits per heavy atom. The van der Waals surface area contributed by atoms with Gasteiger partial charge in [-0.15, -0.1) is 11.3 Å². The van der Waals surface area contributed by atoms with Gasteiger partial charge in [-0.1, -0.05) is 22.0 Å². The van der Waals surface area contributed by atoms with Crippen LogP contribution >= 0.6 is 27.3 Å². The van der Waals surface area contributed by atoms with Gasteiger partial charge in [-0.05, 0) is 32.9 Å². The average molecular weight is 341 g/mol. The van der Waals surface area contributed by atoms with Crippen molar-refractivity contribution in [1.29, 1.82) is 0 Å². The van der Waals surface area contributed by atoms with Gasteiger partial charge in [0.2, 0.25) is 0 Å². The second kappa shape index (κ2) is 6.03. The molecule has 0 radical (unpaired) electrons. The number of thiazole rings is 1. The second-order valence-electron chi connectivity index (χ2n) is 4.51. The summed E-state index contributed by atoms with van der Waals surface area (Å²) in [5.74, 6) is 0.815. The summed E-state index contributed by atoms with van der Waals surface area (Å²) in [5.41, 5.74) is 8.04. The quantitative estimate of drug-likeness (QED) is 0.910. The van der Waals surface area contributed by atoms with Crippen molar-refractivity contribution in [2.75, 3.05) is 0 Å². The second-order valence-corrected chi connectivity index (χ2v) is 6.71. The molecule has 1 aromatic heterocycles. The lowest BCUT2D eigenvalue weighted by molar-refractivity contribution is 0.300. The first kappa shape index (κ1) is 14.5. The van der Waals surface area contributed by atoms with Gasteiger partial charge >= 0.3 is 0 Å². The Bertz CT molecular complexity index is 561. The van der Waals surface area contributed by atoms with E-state index in [9.17, 15) is 0 Å². The first-order valence-corrected chi connectivity index (χ1v) is 7.69. The lowest BCUT2D eigenvalue weighted by Gasteiger charge is -2.13. The van der Waals surface area contributed by atoms with Gasteiger partial charge in [0, 0.05) is 21.0 Å². The molecular weight excluding hydrogens is 324 g/mol. The lowest BCUT2D eigenvalue weighted by Crippen LogP contribution is -2.08. The number of benzene rings is 1. The van der Waals surface area contributed by atoms with Gasteiger partial charge in [-0.25, -0.2) is 4.98 Å². The molecule has 0 amide bonds. The highest BCUT2D eigenvalue weighted by atomic mass is 79.9. The van der Waals surface area contributed by atoms with E-state index < -0.39 is 0 Å². The van der Waals surface area contributed by atoms with Crippen molar-refractivity contribution in [3.05, 3.63) is 43.8 Å². The number of rotatable bonds is 4. The molecule has 2 rings (SSSR count). The van der Waals surface area contributed by atoms with Crippen LogP contribution in [-0.4, -0.2) is 4.98 Å². The first-order valence-electron chi connectivity index (χ1n) is 6.08. The van der Waals surface area contributed by atoms with Gasteiger partial charge in [-0.2, -0.15) is 0 Å². The molecule has 0 unspecified atom stereocenters. The molecule has 102 valence electrons. The fourth-order valence-electron chi connectivity index (χ4n) is 1.75. The monoisotopic (exact) mass is 340 g/mol.